The summed E-state index contributed by atoms with van der Waals surface area (Å²) in [5, 5.41) is 0.742. The standard InChI is InChI=1S/C17H19ClN4OS/c18-14-4-1-2-5-15(14)24-13-6-16(23)21-9-11-22(12-10-21)17-19-7-3-8-20-17/h1-5,7-8H,6,9-13H2. The van der Waals surface area contributed by atoms with Crippen molar-refractivity contribution in [2.45, 2.75) is 11.3 Å². The number of benzene rings is 1. The maximum absolute atomic E-state index is 12.3. The molecule has 24 heavy (non-hydrogen) atoms. The van der Waals surface area contributed by atoms with Crippen molar-refractivity contribution in [3.8, 4) is 0 Å². The smallest absolute Gasteiger partial charge is 0.225 e. The second kappa shape index (κ2) is 8.35. The van der Waals surface area contributed by atoms with Gasteiger partial charge in [0.05, 0.1) is 5.02 Å². The van der Waals surface area contributed by atoms with Crippen LogP contribution < -0.4 is 4.90 Å². The van der Waals surface area contributed by atoms with Crippen molar-refractivity contribution in [1.29, 1.82) is 0 Å². The fraction of sp³-hybridized carbons (Fsp3) is 0.353. The number of carbonyl (C=O) groups is 1. The molecule has 0 aliphatic carbocycles. The molecule has 0 spiro atoms. The summed E-state index contributed by atoms with van der Waals surface area (Å²) in [5.74, 6) is 1.67. The Kier molecular flexibility index (Phi) is 5.93. The lowest BCUT2D eigenvalue weighted by Gasteiger charge is -2.34. The van der Waals surface area contributed by atoms with Gasteiger partial charge in [0.25, 0.3) is 0 Å². The highest BCUT2D eigenvalue weighted by Crippen LogP contribution is 2.27. The molecule has 2 aromatic rings. The van der Waals surface area contributed by atoms with Gasteiger partial charge in [-0.15, -0.1) is 11.8 Å². The molecule has 3 rings (SSSR count). The molecule has 1 aromatic heterocycles. The highest BCUT2D eigenvalue weighted by Gasteiger charge is 2.22. The first-order valence-electron chi connectivity index (χ1n) is 7.91. The lowest BCUT2D eigenvalue weighted by Crippen LogP contribution is -2.49. The molecule has 1 aromatic carbocycles. The maximum atomic E-state index is 12.3. The van der Waals surface area contributed by atoms with Crippen LogP contribution in [0.5, 0.6) is 0 Å². The minimum atomic E-state index is 0.197. The molecule has 0 N–H and O–H groups in total. The van der Waals surface area contributed by atoms with E-state index in [1.807, 2.05) is 29.2 Å². The number of nitrogens with zero attached hydrogens (tertiary/aromatic N) is 4. The quantitative estimate of drug-likeness (QED) is 0.765. The second-order valence-corrected chi connectivity index (χ2v) is 6.99. The molecule has 0 saturated carbocycles. The normalized spacial score (nSPS) is 14.7. The van der Waals surface area contributed by atoms with E-state index >= 15 is 0 Å². The van der Waals surface area contributed by atoms with Gasteiger partial charge >= 0.3 is 0 Å². The molecule has 1 aliphatic heterocycles. The molecular formula is C17H19ClN4OS. The molecule has 1 saturated heterocycles. The van der Waals surface area contributed by atoms with Crippen LogP contribution in [0.15, 0.2) is 47.6 Å². The Morgan fingerprint density at radius 1 is 1.08 bits per heavy atom. The number of anilines is 1. The van der Waals surface area contributed by atoms with Crippen molar-refractivity contribution in [2.24, 2.45) is 0 Å². The third-order valence-electron chi connectivity index (χ3n) is 3.88. The van der Waals surface area contributed by atoms with E-state index in [2.05, 4.69) is 14.9 Å². The average Bonchev–Trinajstić information content (AvgIpc) is 2.64. The number of aromatic nitrogens is 2. The number of piperazine rings is 1. The summed E-state index contributed by atoms with van der Waals surface area (Å²) >= 11 is 7.76. The average molecular weight is 363 g/mol. The van der Waals surface area contributed by atoms with Gasteiger partial charge in [-0.1, -0.05) is 23.7 Å². The van der Waals surface area contributed by atoms with Gasteiger partial charge in [-0.25, -0.2) is 9.97 Å². The molecule has 126 valence electrons. The molecule has 0 radical (unpaired) electrons. The number of hydrogen-bond acceptors (Lipinski definition) is 5. The van der Waals surface area contributed by atoms with E-state index in [1.54, 1.807) is 30.2 Å². The molecule has 0 bridgehead atoms. The number of hydrogen-bond donors (Lipinski definition) is 0. The number of rotatable bonds is 5. The first-order chi connectivity index (χ1) is 11.7. The van der Waals surface area contributed by atoms with Crippen molar-refractivity contribution in [1.82, 2.24) is 14.9 Å². The number of thioether (sulfide) groups is 1. The minimum Gasteiger partial charge on any atom is -0.339 e. The van der Waals surface area contributed by atoms with Crippen LogP contribution in [-0.4, -0.2) is 52.7 Å². The number of halogens is 1. The van der Waals surface area contributed by atoms with Gasteiger partial charge < -0.3 is 9.80 Å². The summed E-state index contributed by atoms with van der Waals surface area (Å²) in [6, 6.07) is 9.53. The van der Waals surface area contributed by atoms with E-state index in [4.69, 9.17) is 11.6 Å². The number of carbonyl (C=O) groups excluding carboxylic acids is 1. The molecule has 1 aliphatic rings. The van der Waals surface area contributed by atoms with Crippen LogP contribution in [-0.2, 0) is 4.79 Å². The van der Waals surface area contributed by atoms with Gasteiger partial charge in [-0.05, 0) is 18.2 Å². The summed E-state index contributed by atoms with van der Waals surface area (Å²) in [6.07, 6.45) is 4.01. The van der Waals surface area contributed by atoms with E-state index < -0.39 is 0 Å². The van der Waals surface area contributed by atoms with E-state index in [0.29, 0.717) is 19.5 Å². The first-order valence-corrected chi connectivity index (χ1v) is 9.27. The second-order valence-electron chi connectivity index (χ2n) is 5.45. The highest BCUT2D eigenvalue weighted by atomic mass is 35.5. The monoisotopic (exact) mass is 362 g/mol. The summed E-state index contributed by atoms with van der Waals surface area (Å²) in [6.45, 7) is 2.97. The molecular weight excluding hydrogens is 344 g/mol. The zero-order valence-electron chi connectivity index (χ0n) is 13.3. The first kappa shape index (κ1) is 17.0. The van der Waals surface area contributed by atoms with Crippen LogP contribution in [0.25, 0.3) is 0 Å². The zero-order chi connectivity index (χ0) is 16.8. The highest BCUT2D eigenvalue weighted by molar-refractivity contribution is 7.99. The van der Waals surface area contributed by atoms with Crippen molar-refractivity contribution in [3.63, 3.8) is 0 Å². The van der Waals surface area contributed by atoms with Crippen LogP contribution in [0.3, 0.4) is 0 Å². The third kappa shape index (κ3) is 4.39. The Morgan fingerprint density at radius 3 is 2.50 bits per heavy atom. The van der Waals surface area contributed by atoms with Gasteiger partial charge in [-0.3, -0.25) is 4.79 Å². The van der Waals surface area contributed by atoms with Gasteiger partial charge in [-0.2, -0.15) is 0 Å². The van der Waals surface area contributed by atoms with Gasteiger partial charge in [0.1, 0.15) is 0 Å². The van der Waals surface area contributed by atoms with E-state index in [9.17, 15) is 4.79 Å². The van der Waals surface area contributed by atoms with Crippen LogP contribution in [0.4, 0.5) is 5.95 Å². The molecule has 7 heteroatoms. The summed E-state index contributed by atoms with van der Waals surface area (Å²) in [7, 11) is 0. The van der Waals surface area contributed by atoms with Crippen molar-refractivity contribution in [2.75, 3.05) is 36.8 Å². The van der Waals surface area contributed by atoms with Gasteiger partial charge in [0.2, 0.25) is 11.9 Å². The van der Waals surface area contributed by atoms with Crippen molar-refractivity contribution < 1.29 is 4.79 Å². The Balaban J connectivity index is 1.43. The van der Waals surface area contributed by atoms with Crippen LogP contribution >= 0.6 is 23.4 Å². The minimum absolute atomic E-state index is 0.197. The topological polar surface area (TPSA) is 49.3 Å². The van der Waals surface area contributed by atoms with Crippen molar-refractivity contribution in [3.05, 3.63) is 47.7 Å². The lowest BCUT2D eigenvalue weighted by atomic mass is 10.3. The fourth-order valence-corrected chi connectivity index (χ4v) is 3.76. The molecule has 1 fully saturated rings. The molecule has 0 unspecified atom stereocenters. The summed E-state index contributed by atoms with van der Waals surface area (Å²) in [5.41, 5.74) is 0. The molecule has 5 nitrogen and oxygen atoms in total. The van der Waals surface area contributed by atoms with E-state index in [0.717, 1.165) is 34.7 Å². The van der Waals surface area contributed by atoms with Gasteiger partial charge in [0.15, 0.2) is 0 Å². The summed E-state index contributed by atoms with van der Waals surface area (Å²) < 4.78 is 0. The zero-order valence-corrected chi connectivity index (χ0v) is 14.8. The maximum Gasteiger partial charge on any atom is 0.225 e. The fourth-order valence-electron chi connectivity index (χ4n) is 2.58. The molecule has 1 amide bonds. The predicted molar refractivity (Wildman–Crippen MR) is 97.6 cm³/mol. The van der Waals surface area contributed by atoms with Crippen LogP contribution in [0.1, 0.15) is 6.42 Å². The molecule has 0 atom stereocenters. The molecule has 2 heterocycles. The van der Waals surface area contributed by atoms with E-state index in [-0.39, 0.29) is 5.91 Å². The SMILES string of the molecule is O=C(CCSc1ccccc1Cl)N1CCN(c2ncccn2)CC1. The Hall–Kier alpha value is -1.79. The largest absolute Gasteiger partial charge is 0.339 e. The number of amides is 1. The summed E-state index contributed by atoms with van der Waals surface area (Å²) in [4.78, 5) is 25.9. The Labute approximate surface area is 151 Å². The Bertz CT molecular complexity index is 677. The Morgan fingerprint density at radius 2 is 1.79 bits per heavy atom. The van der Waals surface area contributed by atoms with Crippen LogP contribution in [0.2, 0.25) is 5.02 Å². The van der Waals surface area contributed by atoms with Crippen LogP contribution in [0, 0.1) is 0 Å². The van der Waals surface area contributed by atoms with E-state index in [1.165, 1.54) is 0 Å². The third-order valence-corrected chi connectivity index (χ3v) is 5.39. The van der Waals surface area contributed by atoms with Gasteiger partial charge in [0, 0.05) is 55.6 Å². The van der Waals surface area contributed by atoms with Crippen molar-refractivity contribution >= 4 is 35.2 Å². The lowest BCUT2D eigenvalue weighted by molar-refractivity contribution is -0.131. The predicted octanol–water partition coefficient (Wildman–Crippen LogP) is 2.96.